The Kier molecular flexibility index (Phi) is 23.0. The number of nitrogens with one attached hydrogen (secondary N) is 1. The summed E-state index contributed by atoms with van der Waals surface area (Å²) >= 11 is 0. The molecule has 0 aliphatic heterocycles. The van der Waals surface area contributed by atoms with E-state index in [2.05, 4.69) is 19.2 Å². The number of rotatable bonds is 25. The third kappa shape index (κ3) is 21.4. The van der Waals surface area contributed by atoms with Crippen LogP contribution in [-0.2, 0) is 19.1 Å². The lowest BCUT2D eigenvalue weighted by Gasteiger charge is -2.18. The van der Waals surface area contributed by atoms with E-state index in [-0.39, 0.29) is 18.0 Å². The van der Waals surface area contributed by atoms with Crippen LogP contribution in [0.3, 0.4) is 0 Å². The van der Waals surface area contributed by atoms with Crippen molar-refractivity contribution in [1.82, 2.24) is 5.32 Å². The maximum Gasteiger partial charge on any atom is 0.326 e. The Labute approximate surface area is 214 Å². The molecule has 0 aromatic heterocycles. The number of ether oxygens (including phenoxy) is 1. The minimum atomic E-state index is -1.02. The molecule has 0 aliphatic rings. The van der Waals surface area contributed by atoms with Crippen LogP contribution >= 0.6 is 0 Å². The summed E-state index contributed by atoms with van der Waals surface area (Å²) in [6, 6.07) is -0.866. The van der Waals surface area contributed by atoms with Crippen LogP contribution in [0.5, 0.6) is 0 Å². The normalized spacial score (nSPS) is 12.8. The number of unbranched alkanes of at least 4 members (excludes halogenated alkanes) is 11. The third-order valence-electron chi connectivity index (χ3n) is 6.42. The number of esters is 1. The van der Waals surface area contributed by atoms with Gasteiger partial charge in [0, 0.05) is 12.8 Å². The van der Waals surface area contributed by atoms with Crippen LogP contribution in [0, 0.1) is 0 Å². The Morgan fingerprint density at radius 2 is 1.23 bits per heavy atom. The van der Waals surface area contributed by atoms with Gasteiger partial charge < -0.3 is 20.9 Å². The number of hydrogen-bond donors (Lipinski definition) is 3. The number of amides is 1. The summed E-state index contributed by atoms with van der Waals surface area (Å²) in [7, 11) is 0. The van der Waals surface area contributed by atoms with Gasteiger partial charge >= 0.3 is 11.9 Å². The zero-order valence-corrected chi connectivity index (χ0v) is 22.7. The van der Waals surface area contributed by atoms with Gasteiger partial charge in [-0.2, -0.15) is 0 Å². The maximum absolute atomic E-state index is 12.3. The highest BCUT2D eigenvalue weighted by atomic mass is 16.5. The fourth-order valence-corrected chi connectivity index (χ4v) is 4.21. The summed E-state index contributed by atoms with van der Waals surface area (Å²) in [5, 5.41) is 11.8. The van der Waals surface area contributed by atoms with Gasteiger partial charge in [0.15, 0.2) is 0 Å². The third-order valence-corrected chi connectivity index (χ3v) is 6.42. The number of aliphatic carboxylic acids is 1. The maximum atomic E-state index is 12.3. The summed E-state index contributed by atoms with van der Waals surface area (Å²) in [6.45, 7) is 4.80. The first-order valence-corrected chi connectivity index (χ1v) is 14.4. The molecule has 7 heteroatoms. The molecule has 0 saturated heterocycles. The molecular formula is C28H54N2O5. The van der Waals surface area contributed by atoms with Crippen molar-refractivity contribution in [2.75, 3.05) is 6.54 Å². The number of nitrogens with two attached hydrogens (primary N) is 1. The molecule has 206 valence electrons. The predicted molar refractivity (Wildman–Crippen MR) is 142 cm³/mol. The van der Waals surface area contributed by atoms with E-state index in [1.807, 2.05) is 0 Å². The molecule has 0 aliphatic carbocycles. The van der Waals surface area contributed by atoms with Gasteiger partial charge in [0.2, 0.25) is 5.91 Å². The number of carboxylic acid groups (broad SMARTS) is 1. The van der Waals surface area contributed by atoms with E-state index in [0.717, 1.165) is 57.8 Å². The summed E-state index contributed by atoms with van der Waals surface area (Å²) in [5.41, 5.74) is 5.43. The molecule has 35 heavy (non-hydrogen) atoms. The smallest absolute Gasteiger partial charge is 0.326 e. The van der Waals surface area contributed by atoms with Gasteiger partial charge in [0.1, 0.15) is 12.1 Å². The van der Waals surface area contributed by atoms with E-state index in [4.69, 9.17) is 10.5 Å². The molecule has 0 radical (unpaired) electrons. The number of hydrogen-bond acceptors (Lipinski definition) is 5. The minimum absolute atomic E-state index is 0.0374. The molecule has 0 bridgehead atoms. The molecule has 4 N–H and O–H groups in total. The van der Waals surface area contributed by atoms with E-state index in [9.17, 15) is 19.5 Å². The van der Waals surface area contributed by atoms with Gasteiger partial charge in [-0.05, 0) is 57.9 Å². The van der Waals surface area contributed by atoms with Crippen molar-refractivity contribution >= 4 is 17.8 Å². The van der Waals surface area contributed by atoms with Crippen LogP contribution < -0.4 is 11.1 Å². The quantitative estimate of drug-likeness (QED) is 0.101. The van der Waals surface area contributed by atoms with Crippen molar-refractivity contribution in [3.8, 4) is 0 Å². The van der Waals surface area contributed by atoms with Crippen molar-refractivity contribution in [2.24, 2.45) is 5.73 Å². The molecule has 0 spiro atoms. The summed E-state index contributed by atoms with van der Waals surface area (Å²) in [6.07, 6.45) is 18.9. The Bertz CT molecular complexity index is 541. The Morgan fingerprint density at radius 3 is 1.83 bits per heavy atom. The molecular weight excluding hydrogens is 444 g/mol. The highest BCUT2D eigenvalue weighted by molar-refractivity contribution is 5.83. The van der Waals surface area contributed by atoms with E-state index in [1.54, 1.807) is 0 Å². The van der Waals surface area contributed by atoms with E-state index in [1.165, 1.54) is 38.5 Å². The van der Waals surface area contributed by atoms with Crippen molar-refractivity contribution in [3.05, 3.63) is 0 Å². The van der Waals surface area contributed by atoms with Crippen molar-refractivity contribution in [2.45, 2.75) is 154 Å². The lowest BCUT2D eigenvalue weighted by molar-refractivity contribution is -0.150. The first-order chi connectivity index (χ1) is 16.9. The standard InChI is InChI=1S/C28H54N2O5/c1-3-5-7-8-9-10-11-16-22-27(32)35-24(18-13-6-4-2)19-14-12-15-21-26(31)30-25(28(33)34)20-17-23-29/h24-25H,3-23,29H2,1-2H3,(H,30,31)(H,33,34). The molecule has 2 unspecified atom stereocenters. The predicted octanol–water partition coefficient (Wildman–Crippen LogP) is 6.27. The van der Waals surface area contributed by atoms with Gasteiger partial charge in [0.25, 0.3) is 0 Å². The molecule has 0 saturated carbocycles. The molecule has 0 fully saturated rings. The molecule has 0 heterocycles. The largest absolute Gasteiger partial charge is 0.480 e. The zero-order chi connectivity index (χ0) is 26.2. The average Bonchev–Trinajstić information content (AvgIpc) is 2.82. The first-order valence-electron chi connectivity index (χ1n) is 14.4. The number of carbonyl (C=O) groups is 3. The molecule has 0 rings (SSSR count). The Hall–Kier alpha value is -1.63. The molecule has 0 aromatic rings. The van der Waals surface area contributed by atoms with Crippen molar-refractivity contribution < 1.29 is 24.2 Å². The zero-order valence-electron chi connectivity index (χ0n) is 22.7. The average molecular weight is 499 g/mol. The van der Waals surface area contributed by atoms with Gasteiger partial charge in [-0.1, -0.05) is 78.1 Å². The topological polar surface area (TPSA) is 119 Å². The van der Waals surface area contributed by atoms with Crippen LogP contribution in [0.2, 0.25) is 0 Å². The highest BCUT2D eigenvalue weighted by Gasteiger charge is 2.19. The number of carbonyl (C=O) groups excluding carboxylic acids is 2. The van der Waals surface area contributed by atoms with E-state index in [0.29, 0.717) is 38.6 Å². The van der Waals surface area contributed by atoms with Crippen LogP contribution in [0.25, 0.3) is 0 Å². The summed E-state index contributed by atoms with van der Waals surface area (Å²) in [5.74, 6) is -1.32. The minimum Gasteiger partial charge on any atom is -0.480 e. The van der Waals surface area contributed by atoms with Crippen LogP contribution in [-0.4, -0.2) is 41.6 Å². The van der Waals surface area contributed by atoms with Crippen LogP contribution in [0.15, 0.2) is 0 Å². The van der Waals surface area contributed by atoms with Gasteiger partial charge in [-0.3, -0.25) is 9.59 Å². The lowest BCUT2D eigenvalue weighted by atomic mass is 10.0. The van der Waals surface area contributed by atoms with Gasteiger partial charge in [0.05, 0.1) is 0 Å². The van der Waals surface area contributed by atoms with Gasteiger partial charge in [-0.15, -0.1) is 0 Å². The fraction of sp³-hybridized carbons (Fsp3) is 0.893. The molecule has 1 amide bonds. The second-order valence-corrected chi connectivity index (χ2v) is 9.82. The number of carboxylic acids is 1. The van der Waals surface area contributed by atoms with Gasteiger partial charge in [-0.25, -0.2) is 4.79 Å². The fourth-order valence-electron chi connectivity index (χ4n) is 4.21. The van der Waals surface area contributed by atoms with E-state index >= 15 is 0 Å². The summed E-state index contributed by atoms with van der Waals surface area (Å²) in [4.78, 5) is 35.7. The Morgan fingerprint density at radius 1 is 0.714 bits per heavy atom. The molecule has 0 aromatic carbocycles. The van der Waals surface area contributed by atoms with E-state index < -0.39 is 12.0 Å². The molecule has 2 atom stereocenters. The highest BCUT2D eigenvalue weighted by Crippen LogP contribution is 2.17. The van der Waals surface area contributed by atoms with Crippen LogP contribution in [0.4, 0.5) is 0 Å². The lowest BCUT2D eigenvalue weighted by Crippen LogP contribution is -2.40. The summed E-state index contributed by atoms with van der Waals surface area (Å²) < 4.78 is 5.81. The monoisotopic (exact) mass is 498 g/mol. The second kappa shape index (κ2) is 24.1. The van der Waals surface area contributed by atoms with Crippen LogP contribution in [0.1, 0.15) is 142 Å². The van der Waals surface area contributed by atoms with Crippen molar-refractivity contribution in [3.63, 3.8) is 0 Å². The Balaban J connectivity index is 4.14. The first kappa shape index (κ1) is 33.4. The SMILES string of the molecule is CCCCCCCCCCC(=O)OC(CCCCC)CCCCCC(=O)NC(CCCN)C(=O)O. The second-order valence-electron chi connectivity index (χ2n) is 9.82. The molecule has 7 nitrogen and oxygen atoms in total. The van der Waals surface area contributed by atoms with Crippen molar-refractivity contribution in [1.29, 1.82) is 0 Å².